The number of hydrogen-bond acceptors (Lipinski definition) is 2. The van der Waals surface area contributed by atoms with Crippen molar-refractivity contribution in [2.24, 2.45) is 5.92 Å². The first kappa shape index (κ1) is 9.31. The van der Waals surface area contributed by atoms with Crippen LogP contribution in [0.3, 0.4) is 0 Å². The fourth-order valence-electron chi connectivity index (χ4n) is 1.92. The van der Waals surface area contributed by atoms with Gasteiger partial charge in [0.15, 0.2) is 5.78 Å². The van der Waals surface area contributed by atoms with Crippen LogP contribution < -0.4 is 0 Å². The zero-order valence-corrected chi connectivity index (χ0v) is 7.87. The number of rotatable bonds is 2. The molecule has 0 radical (unpaired) electrons. The summed E-state index contributed by atoms with van der Waals surface area (Å²) >= 11 is 0. The summed E-state index contributed by atoms with van der Waals surface area (Å²) in [5.41, 5.74) is 0.401. The van der Waals surface area contributed by atoms with Crippen molar-refractivity contribution in [2.45, 2.75) is 25.7 Å². The maximum absolute atomic E-state index is 12.6. The van der Waals surface area contributed by atoms with Crippen LogP contribution in [0.15, 0.2) is 18.3 Å². The molecule has 0 saturated heterocycles. The van der Waals surface area contributed by atoms with E-state index in [-0.39, 0.29) is 11.7 Å². The molecule has 0 amide bonds. The second-order valence-corrected chi connectivity index (χ2v) is 3.71. The smallest absolute Gasteiger partial charge is 0.184 e. The molecule has 1 heterocycles. The zero-order chi connectivity index (χ0) is 9.97. The normalized spacial score (nSPS) is 17.2. The van der Waals surface area contributed by atoms with Crippen molar-refractivity contribution in [3.05, 3.63) is 29.8 Å². The van der Waals surface area contributed by atoms with E-state index in [2.05, 4.69) is 4.98 Å². The topological polar surface area (TPSA) is 30.0 Å². The molecule has 1 fully saturated rings. The summed E-state index contributed by atoms with van der Waals surface area (Å²) in [7, 11) is 0. The summed E-state index contributed by atoms with van der Waals surface area (Å²) in [6, 6.07) is 2.76. The van der Waals surface area contributed by atoms with E-state index >= 15 is 0 Å². The molecule has 1 aliphatic carbocycles. The molecule has 0 unspecified atom stereocenters. The maximum Gasteiger partial charge on any atom is 0.184 e. The van der Waals surface area contributed by atoms with Crippen LogP contribution in [-0.4, -0.2) is 10.8 Å². The van der Waals surface area contributed by atoms with E-state index in [0.29, 0.717) is 5.69 Å². The molecule has 0 aliphatic heterocycles. The van der Waals surface area contributed by atoms with Crippen LogP contribution in [0, 0.1) is 11.7 Å². The summed E-state index contributed by atoms with van der Waals surface area (Å²) in [4.78, 5) is 15.6. The molecule has 1 aromatic rings. The lowest BCUT2D eigenvalue weighted by atomic mass is 10.00. The first-order chi connectivity index (χ1) is 6.77. The highest BCUT2D eigenvalue weighted by molar-refractivity contribution is 5.96. The van der Waals surface area contributed by atoms with Gasteiger partial charge in [-0.1, -0.05) is 12.8 Å². The fourth-order valence-corrected chi connectivity index (χ4v) is 1.92. The standard InChI is InChI=1S/C11H12FNO/c12-9-5-6-10(13-7-9)11(14)8-3-1-2-4-8/h5-8H,1-4H2. The molecule has 2 rings (SSSR count). The van der Waals surface area contributed by atoms with E-state index in [1.54, 1.807) is 0 Å². The predicted molar refractivity (Wildman–Crippen MR) is 50.5 cm³/mol. The van der Waals surface area contributed by atoms with Gasteiger partial charge in [0.25, 0.3) is 0 Å². The van der Waals surface area contributed by atoms with E-state index in [1.807, 2.05) is 0 Å². The Morgan fingerprint density at radius 2 is 2.07 bits per heavy atom. The summed E-state index contributed by atoms with van der Waals surface area (Å²) < 4.78 is 12.6. The summed E-state index contributed by atoms with van der Waals surface area (Å²) in [5.74, 6) is -0.205. The number of halogens is 1. The lowest BCUT2D eigenvalue weighted by molar-refractivity contribution is 0.0917. The minimum absolute atomic E-state index is 0.0718. The second kappa shape index (κ2) is 3.86. The third-order valence-corrected chi connectivity index (χ3v) is 2.71. The number of carbonyl (C=O) groups is 1. The average Bonchev–Trinajstić information content (AvgIpc) is 2.71. The fraction of sp³-hybridized carbons (Fsp3) is 0.455. The van der Waals surface area contributed by atoms with Crippen molar-refractivity contribution in [3.63, 3.8) is 0 Å². The molecule has 0 atom stereocenters. The van der Waals surface area contributed by atoms with Gasteiger partial charge in [-0.2, -0.15) is 0 Å². The van der Waals surface area contributed by atoms with E-state index in [1.165, 1.54) is 12.1 Å². The van der Waals surface area contributed by atoms with Gasteiger partial charge in [-0.25, -0.2) is 4.39 Å². The van der Waals surface area contributed by atoms with Gasteiger partial charge >= 0.3 is 0 Å². The Morgan fingerprint density at radius 3 is 2.64 bits per heavy atom. The Bertz CT molecular complexity index is 328. The largest absolute Gasteiger partial charge is 0.292 e. The molecule has 0 spiro atoms. The molecule has 2 nitrogen and oxygen atoms in total. The number of ketones is 1. The molecule has 1 saturated carbocycles. The number of pyridine rings is 1. The maximum atomic E-state index is 12.6. The van der Waals surface area contributed by atoms with Gasteiger partial charge in [0, 0.05) is 5.92 Å². The molecule has 1 aromatic heterocycles. The Balaban J connectivity index is 2.14. The predicted octanol–water partition coefficient (Wildman–Crippen LogP) is 2.59. The lowest BCUT2D eigenvalue weighted by Crippen LogP contribution is -2.12. The molecule has 74 valence electrons. The van der Waals surface area contributed by atoms with Crippen LogP contribution in [0.1, 0.15) is 36.2 Å². The van der Waals surface area contributed by atoms with Crippen molar-refractivity contribution in [2.75, 3.05) is 0 Å². The number of nitrogens with zero attached hydrogens (tertiary/aromatic N) is 1. The van der Waals surface area contributed by atoms with Crippen molar-refractivity contribution in [1.82, 2.24) is 4.98 Å². The Morgan fingerprint density at radius 1 is 1.36 bits per heavy atom. The third-order valence-electron chi connectivity index (χ3n) is 2.71. The second-order valence-electron chi connectivity index (χ2n) is 3.71. The molecular weight excluding hydrogens is 181 g/mol. The molecule has 0 N–H and O–H groups in total. The van der Waals surface area contributed by atoms with E-state index in [4.69, 9.17) is 0 Å². The quantitative estimate of drug-likeness (QED) is 0.676. The minimum Gasteiger partial charge on any atom is -0.292 e. The first-order valence-electron chi connectivity index (χ1n) is 4.93. The first-order valence-corrected chi connectivity index (χ1v) is 4.93. The van der Waals surface area contributed by atoms with Gasteiger partial charge < -0.3 is 0 Å². The van der Waals surface area contributed by atoms with Gasteiger partial charge in [0.05, 0.1) is 6.20 Å². The highest BCUT2D eigenvalue weighted by atomic mass is 19.1. The van der Waals surface area contributed by atoms with Crippen LogP contribution >= 0.6 is 0 Å². The van der Waals surface area contributed by atoms with Crippen LogP contribution in [0.2, 0.25) is 0 Å². The van der Waals surface area contributed by atoms with Crippen molar-refractivity contribution < 1.29 is 9.18 Å². The van der Waals surface area contributed by atoms with E-state index < -0.39 is 5.82 Å². The highest BCUT2D eigenvalue weighted by Crippen LogP contribution is 2.27. The van der Waals surface area contributed by atoms with E-state index in [9.17, 15) is 9.18 Å². The van der Waals surface area contributed by atoms with Crippen molar-refractivity contribution in [1.29, 1.82) is 0 Å². The van der Waals surface area contributed by atoms with Crippen LogP contribution in [0.25, 0.3) is 0 Å². The van der Waals surface area contributed by atoms with Crippen LogP contribution in [0.4, 0.5) is 4.39 Å². The third kappa shape index (κ3) is 1.81. The van der Waals surface area contributed by atoms with Gasteiger partial charge in [-0.3, -0.25) is 9.78 Å². The Kier molecular flexibility index (Phi) is 2.57. The number of Topliss-reactive ketones (excluding diaryl/α,β-unsaturated/α-hetero) is 1. The van der Waals surface area contributed by atoms with Gasteiger partial charge in [-0.05, 0) is 25.0 Å². The summed E-state index contributed by atoms with van der Waals surface area (Å²) in [6.45, 7) is 0. The van der Waals surface area contributed by atoms with Gasteiger partial charge in [0.1, 0.15) is 11.5 Å². The monoisotopic (exact) mass is 193 g/mol. The average molecular weight is 193 g/mol. The molecule has 1 aliphatic rings. The van der Waals surface area contributed by atoms with Crippen LogP contribution in [0.5, 0.6) is 0 Å². The van der Waals surface area contributed by atoms with Crippen molar-refractivity contribution >= 4 is 5.78 Å². The van der Waals surface area contributed by atoms with Crippen molar-refractivity contribution in [3.8, 4) is 0 Å². The van der Waals surface area contributed by atoms with Gasteiger partial charge in [0.2, 0.25) is 0 Å². The lowest BCUT2D eigenvalue weighted by Gasteiger charge is -2.06. The molecule has 0 bridgehead atoms. The SMILES string of the molecule is O=C(c1ccc(F)cn1)C1CCCC1. The number of hydrogen-bond donors (Lipinski definition) is 0. The molecule has 3 heteroatoms. The molecular formula is C11H12FNO. The number of carbonyl (C=O) groups excluding carboxylic acids is 1. The summed E-state index contributed by atoms with van der Waals surface area (Å²) in [6.07, 6.45) is 5.26. The van der Waals surface area contributed by atoms with E-state index in [0.717, 1.165) is 31.9 Å². The Labute approximate surface area is 82.2 Å². The zero-order valence-electron chi connectivity index (χ0n) is 7.87. The Hall–Kier alpha value is -1.25. The minimum atomic E-state index is -0.395. The highest BCUT2D eigenvalue weighted by Gasteiger charge is 2.24. The molecule has 0 aromatic carbocycles. The number of aromatic nitrogens is 1. The van der Waals surface area contributed by atoms with Crippen LogP contribution in [-0.2, 0) is 0 Å². The molecule has 14 heavy (non-hydrogen) atoms. The summed E-state index contributed by atoms with van der Waals surface area (Å²) in [5, 5.41) is 0. The van der Waals surface area contributed by atoms with Gasteiger partial charge in [-0.15, -0.1) is 0 Å².